The van der Waals surface area contributed by atoms with E-state index < -0.39 is 14.9 Å². The number of sulfonamides is 1. The molecule has 0 saturated carbocycles. The molecule has 0 spiro atoms. The van der Waals surface area contributed by atoms with Crippen LogP contribution in [0.4, 0.5) is 17.1 Å². The van der Waals surface area contributed by atoms with E-state index in [9.17, 15) is 18.5 Å². The van der Waals surface area contributed by atoms with Crippen LogP contribution in [0.3, 0.4) is 0 Å². The topological polar surface area (TPSA) is 111 Å². The zero-order valence-electron chi connectivity index (χ0n) is 17.0. The smallest absolute Gasteiger partial charge is 0.294 e. The third kappa shape index (κ3) is 4.65. The van der Waals surface area contributed by atoms with Gasteiger partial charge in [0.15, 0.2) is 11.5 Å². The lowest BCUT2D eigenvalue weighted by atomic mass is 10.2. The largest absolute Gasteiger partial charge is 0.490 e. The summed E-state index contributed by atoms with van der Waals surface area (Å²) in [5.74, 6) is 1.09. The number of nitro groups is 1. The van der Waals surface area contributed by atoms with Crippen LogP contribution in [0.1, 0.15) is 26.7 Å². The van der Waals surface area contributed by atoms with Crippen LogP contribution in [0.5, 0.6) is 11.5 Å². The predicted molar refractivity (Wildman–Crippen MR) is 113 cm³/mol. The van der Waals surface area contributed by atoms with Gasteiger partial charge in [0.2, 0.25) is 10.0 Å². The minimum atomic E-state index is -3.75. The molecule has 0 unspecified atom stereocenters. The molecule has 1 saturated heterocycles. The Hall–Kier alpha value is -2.85. The predicted octanol–water partition coefficient (Wildman–Crippen LogP) is 3.92. The highest BCUT2D eigenvalue weighted by Gasteiger charge is 2.29. The maximum Gasteiger partial charge on any atom is 0.294 e. The second kappa shape index (κ2) is 9.31. The zero-order chi connectivity index (χ0) is 21.7. The van der Waals surface area contributed by atoms with Gasteiger partial charge >= 0.3 is 0 Å². The first-order valence-corrected chi connectivity index (χ1v) is 11.3. The quantitative estimate of drug-likeness (QED) is 0.469. The fourth-order valence-corrected chi connectivity index (χ4v) is 4.83. The van der Waals surface area contributed by atoms with Crippen LogP contribution in [-0.4, -0.2) is 43.9 Å². The Morgan fingerprint density at radius 1 is 1.03 bits per heavy atom. The van der Waals surface area contributed by atoms with Crippen molar-refractivity contribution in [1.29, 1.82) is 0 Å². The van der Waals surface area contributed by atoms with Crippen molar-refractivity contribution in [2.24, 2.45) is 0 Å². The van der Waals surface area contributed by atoms with E-state index in [2.05, 4.69) is 5.32 Å². The third-order valence-corrected chi connectivity index (χ3v) is 6.59. The highest BCUT2D eigenvalue weighted by Crippen LogP contribution is 2.35. The molecular formula is C20H25N3O6S. The van der Waals surface area contributed by atoms with Crippen LogP contribution < -0.4 is 14.8 Å². The van der Waals surface area contributed by atoms with Gasteiger partial charge in [-0.15, -0.1) is 0 Å². The first-order chi connectivity index (χ1) is 14.4. The molecule has 1 aliphatic rings. The van der Waals surface area contributed by atoms with Gasteiger partial charge in [-0.1, -0.05) is 0 Å². The van der Waals surface area contributed by atoms with Gasteiger partial charge in [0.05, 0.1) is 23.0 Å². The molecule has 0 aliphatic carbocycles. The van der Waals surface area contributed by atoms with Crippen molar-refractivity contribution in [2.75, 3.05) is 31.6 Å². The van der Waals surface area contributed by atoms with E-state index in [0.717, 1.165) is 18.9 Å². The minimum absolute atomic E-state index is 0.0802. The molecule has 1 N–H and O–H groups in total. The Morgan fingerprint density at radius 3 is 2.33 bits per heavy atom. The summed E-state index contributed by atoms with van der Waals surface area (Å²) in [5.41, 5.74) is 0.425. The van der Waals surface area contributed by atoms with Crippen molar-refractivity contribution in [2.45, 2.75) is 31.6 Å². The lowest BCUT2D eigenvalue weighted by molar-refractivity contribution is -0.384. The molecule has 2 aromatic rings. The summed E-state index contributed by atoms with van der Waals surface area (Å²) in [6.45, 7) is 5.49. The van der Waals surface area contributed by atoms with E-state index in [1.54, 1.807) is 18.2 Å². The number of rotatable bonds is 9. The average Bonchev–Trinajstić information content (AvgIpc) is 3.26. The lowest BCUT2D eigenvalue weighted by Crippen LogP contribution is -2.27. The Labute approximate surface area is 175 Å². The van der Waals surface area contributed by atoms with E-state index in [-0.39, 0.29) is 16.3 Å². The Morgan fingerprint density at radius 2 is 1.70 bits per heavy atom. The van der Waals surface area contributed by atoms with Crippen LogP contribution in [0, 0.1) is 10.1 Å². The number of benzene rings is 2. The molecule has 9 nitrogen and oxygen atoms in total. The summed E-state index contributed by atoms with van der Waals surface area (Å²) in [6, 6.07) is 9.03. The summed E-state index contributed by atoms with van der Waals surface area (Å²) in [6.07, 6.45) is 1.59. The number of hydrogen-bond acceptors (Lipinski definition) is 7. The second-order valence-corrected chi connectivity index (χ2v) is 8.64. The fourth-order valence-electron chi connectivity index (χ4n) is 3.29. The van der Waals surface area contributed by atoms with Gasteiger partial charge in [-0.05, 0) is 51.0 Å². The highest BCUT2D eigenvalue weighted by atomic mass is 32.2. The van der Waals surface area contributed by atoms with Crippen LogP contribution in [0.25, 0.3) is 0 Å². The maximum atomic E-state index is 12.7. The van der Waals surface area contributed by atoms with Crippen molar-refractivity contribution in [3.05, 3.63) is 46.5 Å². The molecule has 162 valence electrons. The number of ether oxygens (including phenoxy) is 2. The maximum absolute atomic E-state index is 12.7. The number of nitrogens with zero attached hydrogens (tertiary/aromatic N) is 2. The van der Waals surface area contributed by atoms with Crippen molar-refractivity contribution in [3.8, 4) is 11.5 Å². The summed E-state index contributed by atoms with van der Waals surface area (Å²) >= 11 is 0. The van der Waals surface area contributed by atoms with Gasteiger partial charge in [0.25, 0.3) is 5.69 Å². The molecule has 30 heavy (non-hydrogen) atoms. The number of nitrogens with one attached hydrogen (secondary N) is 1. The van der Waals surface area contributed by atoms with E-state index >= 15 is 0 Å². The first kappa shape index (κ1) is 21.8. The van der Waals surface area contributed by atoms with Gasteiger partial charge in [0.1, 0.15) is 5.69 Å². The molecule has 0 aromatic heterocycles. The zero-order valence-corrected chi connectivity index (χ0v) is 17.8. The molecule has 2 aromatic carbocycles. The molecule has 10 heteroatoms. The second-order valence-electron chi connectivity index (χ2n) is 6.70. The Kier molecular flexibility index (Phi) is 6.78. The number of nitro benzene ring substituents is 1. The minimum Gasteiger partial charge on any atom is -0.490 e. The molecule has 3 rings (SSSR count). The molecule has 1 heterocycles. The summed E-state index contributed by atoms with van der Waals surface area (Å²) < 4.78 is 38.0. The lowest BCUT2D eigenvalue weighted by Gasteiger charge is -2.16. The number of hydrogen-bond donors (Lipinski definition) is 1. The summed E-state index contributed by atoms with van der Waals surface area (Å²) in [5, 5.41) is 14.6. The van der Waals surface area contributed by atoms with Gasteiger partial charge < -0.3 is 14.8 Å². The normalized spacial score (nSPS) is 14.5. The van der Waals surface area contributed by atoms with Crippen LogP contribution in [0.15, 0.2) is 41.3 Å². The Balaban J connectivity index is 1.93. The summed E-state index contributed by atoms with van der Waals surface area (Å²) in [4.78, 5) is 11.0. The molecule has 0 bridgehead atoms. The van der Waals surface area contributed by atoms with E-state index in [0.29, 0.717) is 43.5 Å². The van der Waals surface area contributed by atoms with Gasteiger partial charge in [-0.25, -0.2) is 8.42 Å². The summed E-state index contributed by atoms with van der Waals surface area (Å²) in [7, 11) is -3.75. The van der Waals surface area contributed by atoms with Crippen LogP contribution >= 0.6 is 0 Å². The van der Waals surface area contributed by atoms with E-state index in [1.165, 1.54) is 16.4 Å². The van der Waals surface area contributed by atoms with Gasteiger partial charge in [-0.3, -0.25) is 10.1 Å². The highest BCUT2D eigenvalue weighted by molar-refractivity contribution is 7.89. The van der Waals surface area contributed by atoms with Gasteiger partial charge in [0, 0.05) is 30.9 Å². The average molecular weight is 436 g/mol. The molecular weight excluding hydrogens is 410 g/mol. The van der Waals surface area contributed by atoms with Crippen LogP contribution in [0.2, 0.25) is 0 Å². The molecule has 0 radical (unpaired) electrons. The standard InChI is InChI=1S/C20H25N3O6S/c1-3-28-19-10-7-15(13-20(19)29-4-2)21-17-9-8-16(14-18(17)23(24)25)30(26,27)22-11-5-6-12-22/h7-10,13-14,21H,3-6,11-12H2,1-2H3. The SMILES string of the molecule is CCOc1ccc(Nc2ccc(S(=O)(=O)N3CCCC3)cc2[N+](=O)[O-])cc1OCC. The first-order valence-electron chi connectivity index (χ1n) is 9.82. The van der Waals surface area contributed by atoms with Crippen molar-refractivity contribution in [1.82, 2.24) is 4.31 Å². The molecule has 1 fully saturated rings. The van der Waals surface area contributed by atoms with E-state index in [1.807, 2.05) is 13.8 Å². The van der Waals surface area contributed by atoms with Gasteiger partial charge in [-0.2, -0.15) is 4.31 Å². The fraction of sp³-hybridized carbons (Fsp3) is 0.400. The molecule has 0 atom stereocenters. The Bertz CT molecular complexity index is 1020. The van der Waals surface area contributed by atoms with Crippen molar-refractivity contribution in [3.63, 3.8) is 0 Å². The van der Waals surface area contributed by atoms with E-state index in [4.69, 9.17) is 9.47 Å². The number of anilines is 2. The van der Waals surface area contributed by atoms with Crippen molar-refractivity contribution < 1.29 is 22.8 Å². The molecule has 1 aliphatic heterocycles. The third-order valence-electron chi connectivity index (χ3n) is 4.69. The van der Waals surface area contributed by atoms with Crippen molar-refractivity contribution >= 4 is 27.1 Å². The van der Waals surface area contributed by atoms with Crippen LogP contribution in [-0.2, 0) is 10.0 Å². The molecule has 0 amide bonds. The monoisotopic (exact) mass is 435 g/mol.